The molecule has 0 aliphatic carbocycles. The van der Waals surface area contributed by atoms with Crippen LogP contribution in [0.25, 0.3) is 0 Å². The van der Waals surface area contributed by atoms with Crippen molar-refractivity contribution in [1.82, 2.24) is 4.57 Å². The number of unbranched alkanes of at least 4 members (excludes halogenated alkanes) is 17. The number of aryl methyl sites for hydroxylation is 1. The Bertz CT molecular complexity index is 718. The second kappa shape index (κ2) is 20.6. The van der Waals surface area contributed by atoms with Gasteiger partial charge in [-0.15, -0.1) is 0 Å². The molecule has 198 valence electrons. The van der Waals surface area contributed by atoms with Crippen LogP contribution < -0.4 is 4.57 Å². The SMILES string of the molecule is CCCCCCCCCCCCCCc1n(Cc2ccccc2)cc[n+]1CCCCCCCCC. The van der Waals surface area contributed by atoms with Crippen molar-refractivity contribution in [2.24, 2.45) is 0 Å². The molecule has 0 fully saturated rings. The Morgan fingerprint density at radius 3 is 1.60 bits per heavy atom. The number of nitrogens with zero attached hydrogens (tertiary/aromatic N) is 2. The van der Waals surface area contributed by atoms with Crippen molar-refractivity contribution in [3.05, 3.63) is 54.1 Å². The second-order valence-corrected chi connectivity index (χ2v) is 10.8. The van der Waals surface area contributed by atoms with Crippen LogP contribution >= 0.6 is 0 Å². The lowest BCUT2D eigenvalue weighted by atomic mass is 10.0. The summed E-state index contributed by atoms with van der Waals surface area (Å²) in [4.78, 5) is 0. The van der Waals surface area contributed by atoms with E-state index in [1.165, 1.54) is 146 Å². The Morgan fingerprint density at radius 1 is 0.571 bits per heavy atom. The first-order valence-corrected chi connectivity index (χ1v) is 15.5. The molecule has 0 aliphatic heterocycles. The maximum atomic E-state index is 2.56. The maximum Gasteiger partial charge on any atom is 0.256 e. The molecule has 2 nitrogen and oxygen atoms in total. The van der Waals surface area contributed by atoms with E-state index in [4.69, 9.17) is 0 Å². The van der Waals surface area contributed by atoms with Gasteiger partial charge in [-0.2, -0.15) is 0 Å². The predicted molar refractivity (Wildman–Crippen MR) is 153 cm³/mol. The number of benzene rings is 1. The number of imidazole rings is 1. The minimum absolute atomic E-state index is 0.998. The van der Waals surface area contributed by atoms with Gasteiger partial charge in [-0.05, 0) is 24.8 Å². The highest BCUT2D eigenvalue weighted by Gasteiger charge is 2.17. The summed E-state index contributed by atoms with van der Waals surface area (Å²) in [7, 11) is 0. The van der Waals surface area contributed by atoms with E-state index in [0.717, 1.165) is 6.54 Å². The van der Waals surface area contributed by atoms with Crippen LogP contribution in [0.5, 0.6) is 0 Å². The highest BCUT2D eigenvalue weighted by molar-refractivity contribution is 5.15. The van der Waals surface area contributed by atoms with Gasteiger partial charge >= 0.3 is 0 Å². The smallest absolute Gasteiger partial charge is 0.234 e. The highest BCUT2D eigenvalue weighted by Crippen LogP contribution is 2.14. The molecule has 2 rings (SSSR count). The molecule has 0 spiro atoms. The first kappa shape index (κ1) is 29.7. The zero-order valence-corrected chi connectivity index (χ0v) is 23.5. The number of aromatic nitrogens is 2. The minimum atomic E-state index is 0.998. The lowest BCUT2D eigenvalue weighted by Gasteiger charge is -2.07. The molecule has 0 amide bonds. The van der Waals surface area contributed by atoms with E-state index < -0.39 is 0 Å². The molecule has 0 unspecified atom stereocenters. The Hall–Kier alpha value is -1.57. The average Bonchev–Trinajstić information content (AvgIpc) is 3.25. The summed E-state index contributed by atoms with van der Waals surface area (Å²) in [5.74, 6) is 1.53. The molecule has 0 N–H and O–H groups in total. The fraction of sp³-hybridized carbons (Fsp3) is 0.727. The van der Waals surface area contributed by atoms with E-state index in [2.05, 4.69) is 65.7 Å². The van der Waals surface area contributed by atoms with Gasteiger partial charge in [0.15, 0.2) is 0 Å². The van der Waals surface area contributed by atoms with Crippen LogP contribution in [0, 0.1) is 0 Å². The van der Waals surface area contributed by atoms with Crippen molar-refractivity contribution in [1.29, 1.82) is 0 Å². The number of rotatable bonds is 23. The quantitative estimate of drug-likeness (QED) is 0.110. The molecule has 1 aromatic heterocycles. The molecule has 0 saturated carbocycles. The van der Waals surface area contributed by atoms with Gasteiger partial charge in [0.2, 0.25) is 0 Å². The largest absolute Gasteiger partial charge is 0.256 e. The summed E-state index contributed by atoms with van der Waals surface area (Å²) in [5.41, 5.74) is 1.40. The van der Waals surface area contributed by atoms with Crippen LogP contribution in [0.2, 0.25) is 0 Å². The van der Waals surface area contributed by atoms with Gasteiger partial charge in [0.05, 0.1) is 6.54 Å². The first-order chi connectivity index (χ1) is 17.3. The third-order valence-corrected chi connectivity index (χ3v) is 7.54. The van der Waals surface area contributed by atoms with Crippen molar-refractivity contribution in [2.75, 3.05) is 0 Å². The fourth-order valence-electron chi connectivity index (χ4n) is 5.28. The predicted octanol–water partition coefficient (Wildman–Crippen LogP) is 9.82. The number of hydrogen-bond acceptors (Lipinski definition) is 0. The standard InChI is InChI=1S/C33H57N2/c1-3-5-7-9-11-12-13-14-15-16-18-23-27-33-34(28-24-19-17-10-8-6-4-2)29-30-35(33)31-32-25-21-20-22-26-32/h20-22,25-26,29-30H,3-19,23-24,27-28,31H2,1-2H3/q+1. The molecular formula is C33H57N2+. The molecule has 35 heavy (non-hydrogen) atoms. The van der Waals surface area contributed by atoms with Crippen molar-refractivity contribution >= 4 is 0 Å². The maximum absolute atomic E-state index is 2.56. The van der Waals surface area contributed by atoms with Crippen molar-refractivity contribution < 1.29 is 4.57 Å². The summed E-state index contributed by atoms with van der Waals surface area (Å²) in [5, 5.41) is 0. The summed E-state index contributed by atoms with van der Waals surface area (Å²) in [6.45, 7) is 6.78. The molecule has 0 radical (unpaired) electrons. The normalized spacial score (nSPS) is 11.4. The zero-order valence-electron chi connectivity index (χ0n) is 23.5. The Balaban J connectivity index is 1.70. The van der Waals surface area contributed by atoms with Gasteiger partial charge in [0, 0.05) is 6.42 Å². The van der Waals surface area contributed by atoms with Crippen LogP contribution in [0.3, 0.4) is 0 Å². The summed E-state index contributed by atoms with van der Waals surface area (Å²) in [6.07, 6.45) is 32.6. The van der Waals surface area contributed by atoms with Gasteiger partial charge in [0.25, 0.3) is 5.82 Å². The fourth-order valence-corrected chi connectivity index (χ4v) is 5.28. The summed E-state index contributed by atoms with van der Waals surface area (Å²) in [6, 6.07) is 11.0. The lowest BCUT2D eigenvalue weighted by molar-refractivity contribution is -0.704. The molecule has 0 bridgehead atoms. The van der Waals surface area contributed by atoms with E-state index in [9.17, 15) is 0 Å². The lowest BCUT2D eigenvalue weighted by Crippen LogP contribution is -2.37. The average molecular weight is 482 g/mol. The van der Waals surface area contributed by atoms with E-state index >= 15 is 0 Å². The molecule has 0 saturated heterocycles. The van der Waals surface area contributed by atoms with Crippen LogP contribution in [-0.4, -0.2) is 4.57 Å². The van der Waals surface area contributed by atoms with Gasteiger partial charge in [-0.3, -0.25) is 0 Å². The third-order valence-electron chi connectivity index (χ3n) is 7.54. The van der Waals surface area contributed by atoms with Crippen LogP contribution in [0.4, 0.5) is 0 Å². The van der Waals surface area contributed by atoms with Gasteiger partial charge in [0.1, 0.15) is 18.9 Å². The zero-order chi connectivity index (χ0) is 24.8. The van der Waals surface area contributed by atoms with E-state index in [-0.39, 0.29) is 0 Å². The summed E-state index contributed by atoms with van der Waals surface area (Å²) < 4.78 is 5.07. The van der Waals surface area contributed by atoms with Crippen molar-refractivity contribution in [3.63, 3.8) is 0 Å². The molecule has 1 aromatic carbocycles. The van der Waals surface area contributed by atoms with Crippen molar-refractivity contribution in [3.8, 4) is 0 Å². The Morgan fingerprint density at radius 2 is 1.06 bits per heavy atom. The number of hydrogen-bond donors (Lipinski definition) is 0. The Kier molecular flexibility index (Phi) is 17.5. The molecule has 2 heteroatoms. The molecule has 0 aliphatic rings. The topological polar surface area (TPSA) is 8.81 Å². The third kappa shape index (κ3) is 13.9. The van der Waals surface area contributed by atoms with Crippen LogP contribution in [0.15, 0.2) is 42.7 Å². The van der Waals surface area contributed by atoms with Crippen molar-refractivity contribution in [2.45, 2.75) is 155 Å². The molecule has 1 heterocycles. The Labute approximate surface area is 218 Å². The van der Waals surface area contributed by atoms with E-state index in [1.807, 2.05) is 0 Å². The monoisotopic (exact) mass is 481 g/mol. The molecular weight excluding hydrogens is 424 g/mol. The second-order valence-electron chi connectivity index (χ2n) is 10.8. The van der Waals surface area contributed by atoms with Gasteiger partial charge in [-0.25, -0.2) is 9.13 Å². The summed E-state index contributed by atoms with van der Waals surface area (Å²) >= 11 is 0. The molecule has 2 aromatic rings. The van der Waals surface area contributed by atoms with Gasteiger partial charge < -0.3 is 0 Å². The highest BCUT2D eigenvalue weighted by atomic mass is 15.1. The van der Waals surface area contributed by atoms with Gasteiger partial charge in [-0.1, -0.05) is 147 Å². The first-order valence-electron chi connectivity index (χ1n) is 15.5. The van der Waals surface area contributed by atoms with E-state index in [0.29, 0.717) is 0 Å². The minimum Gasteiger partial charge on any atom is -0.234 e. The molecule has 0 atom stereocenters. The van der Waals surface area contributed by atoms with Crippen LogP contribution in [-0.2, 0) is 19.5 Å². The van der Waals surface area contributed by atoms with E-state index in [1.54, 1.807) is 0 Å². The van der Waals surface area contributed by atoms with Crippen LogP contribution in [0.1, 0.15) is 147 Å².